The average Bonchev–Trinajstić information content (AvgIpc) is 3.01. The number of carbonyl (C=O) groups is 1. The van der Waals surface area contributed by atoms with Crippen molar-refractivity contribution in [3.8, 4) is 22.5 Å². The van der Waals surface area contributed by atoms with Gasteiger partial charge in [-0.05, 0) is 23.8 Å². The van der Waals surface area contributed by atoms with Crippen LogP contribution in [0.25, 0.3) is 28.5 Å². The predicted molar refractivity (Wildman–Crippen MR) is 100 cm³/mol. The fourth-order valence-corrected chi connectivity index (χ4v) is 2.91. The molecule has 0 bridgehead atoms. The highest BCUT2D eigenvalue weighted by Gasteiger charge is 2.23. The van der Waals surface area contributed by atoms with Gasteiger partial charge in [0.15, 0.2) is 0 Å². The Morgan fingerprint density at radius 1 is 1.04 bits per heavy atom. The van der Waals surface area contributed by atoms with Crippen LogP contribution < -0.4 is 0 Å². The summed E-state index contributed by atoms with van der Waals surface area (Å²) in [6.45, 7) is 3.97. The molecule has 0 unspecified atom stereocenters. The maximum absolute atomic E-state index is 13.4. The molecule has 3 nitrogen and oxygen atoms in total. The maximum atomic E-state index is 13.4. The molecule has 1 heterocycles. The molecule has 0 aliphatic rings. The molecule has 0 fully saturated rings. The summed E-state index contributed by atoms with van der Waals surface area (Å²) >= 11 is 0. The first-order chi connectivity index (χ1) is 12.5. The first-order valence-corrected chi connectivity index (χ1v) is 8.36. The summed E-state index contributed by atoms with van der Waals surface area (Å²) in [5.74, 6) is 0.0316. The summed E-state index contributed by atoms with van der Waals surface area (Å²) in [4.78, 5) is 11.1. The van der Waals surface area contributed by atoms with Crippen LogP contribution in [0.5, 0.6) is 0 Å². The molecule has 0 amide bonds. The summed E-state index contributed by atoms with van der Waals surface area (Å²) in [6, 6.07) is 15.7. The van der Waals surface area contributed by atoms with Gasteiger partial charge in [0.2, 0.25) is 0 Å². The molecule has 0 spiro atoms. The summed E-state index contributed by atoms with van der Waals surface area (Å²) in [5.41, 5.74) is 3.11. The molecule has 0 aliphatic carbocycles. The first-order valence-electron chi connectivity index (χ1n) is 8.36. The topological polar surface area (TPSA) is 50.4 Å². The lowest BCUT2D eigenvalue weighted by Gasteiger charge is -2.05. The zero-order chi connectivity index (χ0) is 18.7. The van der Waals surface area contributed by atoms with E-state index in [-0.39, 0.29) is 11.7 Å². The van der Waals surface area contributed by atoms with Gasteiger partial charge in [-0.15, -0.1) is 0 Å². The van der Waals surface area contributed by atoms with Crippen molar-refractivity contribution in [2.24, 2.45) is 0 Å². The van der Waals surface area contributed by atoms with Gasteiger partial charge >= 0.3 is 5.97 Å². The Labute approximate surface area is 151 Å². The van der Waals surface area contributed by atoms with Gasteiger partial charge in [0, 0.05) is 28.7 Å². The summed E-state index contributed by atoms with van der Waals surface area (Å²) in [5, 5.41) is 9.06. The molecule has 3 rings (SSSR count). The van der Waals surface area contributed by atoms with Crippen molar-refractivity contribution in [1.82, 2.24) is 0 Å². The van der Waals surface area contributed by atoms with Crippen LogP contribution in [0, 0.1) is 5.82 Å². The standard InChI is InChI=1S/C22H19FO3/c1-14(2)21-18(12-13-19(24)25)20(15-8-10-17(23)11-9-15)22(26-21)16-6-4-3-5-7-16/h3-14H,1-2H3,(H,24,25). The minimum absolute atomic E-state index is 0.0557. The summed E-state index contributed by atoms with van der Waals surface area (Å²) in [7, 11) is 0. The highest BCUT2D eigenvalue weighted by Crippen LogP contribution is 2.42. The Hall–Kier alpha value is -3.14. The number of benzene rings is 2. The van der Waals surface area contributed by atoms with Crippen LogP contribution >= 0.6 is 0 Å². The molecule has 1 aromatic heterocycles. The molecule has 0 saturated carbocycles. The molecule has 132 valence electrons. The Morgan fingerprint density at radius 2 is 1.69 bits per heavy atom. The average molecular weight is 350 g/mol. The molecular weight excluding hydrogens is 331 g/mol. The third-order valence-electron chi connectivity index (χ3n) is 4.06. The van der Waals surface area contributed by atoms with Crippen molar-refractivity contribution in [3.05, 3.63) is 77.8 Å². The second-order valence-electron chi connectivity index (χ2n) is 6.28. The largest absolute Gasteiger partial charge is 0.478 e. The summed E-state index contributed by atoms with van der Waals surface area (Å²) in [6.07, 6.45) is 2.64. The van der Waals surface area contributed by atoms with Crippen molar-refractivity contribution in [2.75, 3.05) is 0 Å². The van der Waals surface area contributed by atoms with E-state index in [1.165, 1.54) is 12.1 Å². The van der Waals surface area contributed by atoms with Crippen molar-refractivity contribution in [1.29, 1.82) is 0 Å². The fourth-order valence-electron chi connectivity index (χ4n) is 2.91. The van der Waals surface area contributed by atoms with Crippen LogP contribution in [0.15, 0.2) is 65.1 Å². The van der Waals surface area contributed by atoms with Gasteiger partial charge in [-0.2, -0.15) is 0 Å². The predicted octanol–water partition coefficient (Wildman–Crippen LogP) is 5.97. The Bertz CT molecular complexity index is 936. The highest BCUT2D eigenvalue weighted by molar-refractivity contribution is 5.92. The van der Waals surface area contributed by atoms with E-state index < -0.39 is 5.97 Å². The molecule has 0 atom stereocenters. The van der Waals surface area contributed by atoms with E-state index in [0.717, 1.165) is 22.8 Å². The molecular formula is C22H19FO3. The van der Waals surface area contributed by atoms with Gasteiger partial charge in [-0.3, -0.25) is 0 Å². The number of aliphatic carboxylic acids is 1. The van der Waals surface area contributed by atoms with E-state index in [2.05, 4.69) is 0 Å². The van der Waals surface area contributed by atoms with Gasteiger partial charge in [0.05, 0.1) is 0 Å². The molecule has 0 aliphatic heterocycles. The Morgan fingerprint density at radius 3 is 2.27 bits per heavy atom. The zero-order valence-corrected chi connectivity index (χ0v) is 14.6. The third kappa shape index (κ3) is 3.59. The molecule has 1 N–H and O–H groups in total. The van der Waals surface area contributed by atoms with Crippen LogP contribution in [0.2, 0.25) is 0 Å². The van der Waals surface area contributed by atoms with Crippen LogP contribution in [0.4, 0.5) is 4.39 Å². The van der Waals surface area contributed by atoms with E-state index in [9.17, 15) is 9.18 Å². The van der Waals surface area contributed by atoms with Crippen LogP contribution in [0.3, 0.4) is 0 Å². The number of carboxylic acid groups (broad SMARTS) is 1. The van der Waals surface area contributed by atoms with Crippen LogP contribution in [-0.2, 0) is 4.79 Å². The maximum Gasteiger partial charge on any atom is 0.328 e. The number of rotatable bonds is 5. The Kier molecular flexibility index (Phi) is 5.03. The Balaban J connectivity index is 2.32. The molecule has 2 aromatic carbocycles. The molecule has 0 saturated heterocycles. The number of hydrogen-bond acceptors (Lipinski definition) is 2. The van der Waals surface area contributed by atoms with E-state index >= 15 is 0 Å². The van der Waals surface area contributed by atoms with Crippen molar-refractivity contribution < 1.29 is 18.7 Å². The van der Waals surface area contributed by atoms with Gasteiger partial charge in [0.25, 0.3) is 0 Å². The molecule has 0 radical (unpaired) electrons. The van der Waals surface area contributed by atoms with E-state index in [1.807, 2.05) is 44.2 Å². The number of carboxylic acids is 1. The van der Waals surface area contributed by atoms with Gasteiger partial charge in [-0.1, -0.05) is 56.3 Å². The van der Waals surface area contributed by atoms with Gasteiger partial charge < -0.3 is 9.52 Å². The highest BCUT2D eigenvalue weighted by atomic mass is 19.1. The zero-order valence-electron chi connectivity index (χ0n) is 14.6. The minimum atomic E-state index is -1.03. The minimum Gasteiger partial charge on any atom is -0.478 e. The smallest absolute Gasteiger partial charge is 0.328 e. The van der Waals surface area contributed by atoms with Crippen molar-refractivity contribution in [3.63, 3.8) is 0 Å². The van der Waals surface area contributed by atoms with Gasteiger partial charge in [-0.25, -0.2) is 9.18 Å². The van der Waals surface area contributed by atoms with Crippen LogP contribution in [0.1, 0.15) is 31.1 Å². The van der Waals surface area contributed by atoms with Crippen LogP contribution in [-0.4, -0.2) is 11.1 Å². The SMILES string of the molecule is CC(C)c1oc(-c2ccccc2)c(-c2ccc(F)cc2)c1C=CC(=O)O. The van der Waals surface area contributed by atoms with E-state index in [1.54, 1.807) is 18.2 Å². The fraction of sp³-hybridized carbons (Fsp3) is 0.136. The normalized spacial score (nSPS) is 11.4. The number of halogens is 1. The monoisotopic (exact) mass is 350 g/mol. The van der Waals surface area contributed by atoms with E-state index in [0.29, 0.717) is 17.1 Å². The molecule has 3 aromatic rings. The van der Waals surface area contributed by atoms with E-state index in [4.69, 9.17) is 9.52 Å². The third-order valence-corrected chi connectivity index (χ3v) is 4.06. The lowest BCUT2D eigenvalue weighted by atomic mass is 9.94. The van der Waals surface area contributed by atoms with Gasteiger partial charge in [0.1, 0.15) is 17.3 Å². The quantitative estimate of drug-likeness (QED) is 0.576. The first kappa shape index (κ1) is 17.7. The second kappa shape index (κ2) is 7.40. The number of hydrogen-bond donors (Lipinski definition) is 1. The summed E-state index contributed by atoms with van der Waals surface area (Å²) < 4.78 is 19.6. The van der Waals surface area contributed by atoms with Crippen molar-refractivity contribution in [2.45, 2.75) is 19.8 Å². The number of furan rings is 1. The lowest BCUT2D eigenvalue weighted by Crippen LogP contribution is -1.91. The van der Waals surface area contributed by atoms with Crippen molar-refractivity contribution >= 4 is 12.0 Å². The lowest BCUT2D eigenvalue weighted by molar-refractivity contribution is -0.131. The second-order valence-corrected chi connectivity index (χ2v) is 6.28. The molecule has 4 heteroatoms. The molecule has 26 heavy (non-hydrogen) atoms.